The molecular weight excluding hydrogens is 524 g/mol. The zero-order valence-electron chi connectivity index (χ0n) is 23.4. The Balaban J connectivity index is 3.91. The lowest BCUT2D eigenvalue weighted by atomic mass is 10.2. The number of nitrogens with two attached hydrogens (primary N) is 1. The third kappa shape index (κ3) is 20.6. The molecule has 0 bridgehead atoms. The molecule has 0 aliphatic carbocycles. The Labute approximate surface area is 235 Å². The minimum atomic E-state index is -0.602. The molecule has 0 rings (SSSR count). The van der Waals surface area contributed by atoms with Gasteiger partial charge in [0.25, 0.3) is 0 Å². The largest absolute Gasteiger partial charge is 0.356 e. The van der Waals surface area contributed by atoms with E-state index < -0.39 is 17.7 Å². The minimum absolute atomic E-state index is 0.0479. The highest BCUT2D eigenvalue weighted by Crippen LogP contribution is 2.01. The molecule has 0 unspecified atom stereocenters. The quantitative estimate of drug-likeness (QED) is 0.0472. The molecule has 0 aliphatic rings. The van der Waals surface area contributed by atoms with Crippen molar-refractivity contribution in [3.05, 3.63) is 24.3 Å². The number of carbonyl (C=O) groups is 5. The van der Waals surface area contributed by atoms with E-state index in [-0.39, 0.29) is 63.7 Å². The summed E-state index contributed by atoms with van der Waals surface area (Å²) in [5.41, 5.74) is 5.39. The number of unbranched alkanes of at least 4 members (excludes halogenated alkanes) is 4. The zero-order valence-corrected chi connectivity index (χ0v) is 23.4. The molecule has 0 heterocycles. The molecule has 5 amide bonds. The average molecular weight is 571 g/mol. The number of hydrogen-bond donors (Lipinski definition) is 6. The molecule has 0 aromatic rings. The van der Waals surface area contributed by atoms with Crippen LogP contribution in [0.1, 0.15) is 71.1 Å². The molecule has 0 fully saturated rings. The van der Waals surface area contributed by atoms with Gasteiger partial charge >= 0.3 is 0 Å². The van der Waals surface area contributed by atoms with Crippen LogP contribution < -0.4 is 16.4 Å². The zero-order chi connectivity index (χ0) is 30.2. The van der Waals surface area contributed by atoms with Gasteiger partial charge in [-0.1, -0.05) is 30.7 Å². The predicted octanol–water partition coefficient (Wildman–Crippen LogP) is 0.864. The number of allylic oxidation sites excluding steroid dienone is 2. The van der Waals surface area contributed by atoms with E-state index in [0.29, 0.717) is 54.0 Å². The molecule has 0 saturated carbocycles. The maximum absolute atomic E-state index is 11.9. The lowest BCUT2D eigenvalue weighted by molar-refractivity contribution is -0.166. The van der Waals surface area contributed by atoms with Gasteiger partial charge in [0.15, 0.2) is 0 Å². The van der Waals surface area contributed by atoms with Crippen molar-refractivity contribution < 1.29 is 39.6 Å². The van der Waals surface area contributed by atoms with Crippen molar-refractivity contribution in [2.75, 3.05) is 39.3 Å². The van der Waals surface area contributed by atoms with E-state index in [2.05, 4.69) is 10.6 Å². The number of hydroxylamine groups is 6. The average Bonchev–Trinajstić information content (AvgIpc) is 2.93. The topological polar surface area (TPSA) is 206 Å². The molecule has 0 spiro atoms. The lowest BCUT2D eigenvalue weighted by Crippen LogP contribution is -2.30. The Hall–Kier alpha value is -3.33. The first kappa shape index (κ1) is 36.7. The number of hydrogen-bond acceptors (Lipinski definition) is 9. The number of rotatable bonds is 22. The van der Waals surface area contributed by atoms with Crippen molar-refractivity contribution in [1.29, 1.82) is 0 Å². The van der Waals surface area contributed by atoms with E-state index in [1.165, 1.54) is 13.0 Å². The SMILES string of the molecule is CC(=O)N(O)CCCCCNC(=O)CCC(=O)N(O)C/C=C/C=C/CNC(=O)CCC(=O)N(O)CCCCCN. The van der Waals surface area contributed by atoms with Crippen LogP contribution in [0.25, 0.3) is 0 Å². The van der Waals surface area contributed by atoms with Gasteiger partial charge in [0, 0.05) is 58.8 Å². The van der Waals surface area contributed by atoms with Crippen LogP contribution in [-0.2, 0) is 24.0 Å². The fourth-order valence-corrected chi connectivity index (χ4v) is 3.19. The molecule has 40 heavy (non-hydrogen) atoms. The van der Waals surface area contributed by atoms with Crippen LogP contribution in [0.5, 0.6) is 0 Å². The molecule has 228 valence electrons. The second-order valence-electron chi connectivity index (χ2n) is 9.06. The lowest BCUT2D eigenvalue weighted by Gasteiger charge is -2.14. The van der Waals surface area contributed by atoms with Crippen molar-refractivity contribution >= 4 is 29.5 Å². The summed E-state index contributed by atoms with van der Waals surface area (Å²) in [6.45, 7) is 2.82. The van der Waals surface area contributed by atoms with E-state index >= 15 is 0 Å². The second kappa shape index (κ2) is 23.5. The van der Waals surface area contributed by atoms with Gasteiger partial charge in [-0.15, -0.1) is 0 Å². The molecule has 0 aromatic carbocycles. The molecular formula is C26H46N6O8. The third-order valence-electron chi connectivity index (χ3n) is 5.59. The Morgan fingerprint density at radius 3 is 1.85 bits per heavy atom. The maximum Gasteiger partial charge on any atom is 0.246 e. The summed E-state index contributed by atoms with van der Waals surface area (Å²) in [6, 6.07) is 0. The minimum Gasteiger partial charge on any atom is -0.356 e. The molecule has 0 saturated heterocycles. The second-order valence-corrected chi connectivity index (χ2v) is 9.06. The van der Waals surface area contributed by atoms with Crippen molar-refractivity contribution in [2.24, 2.45) is 5.73 Å². The molecule has 14 nitrogen and oxygen atoms in total. The third-order valence-corrected chi connectivity index (χ3v) is 5.59. The van der Waals surface area contributed by atoms with E-state index in [0.717, 1.165) is 12.8 Å². The molecule has 14 heteroatoms. The Bertz CT molecular complexity index is 836. The van der Waals surface area contributed by atoms with Gasteiger partial charge in [0.1, 0.15) is 0 Å². The van der Waals surface area contributed by atoms with Gasteiger partial charge in [-0.2, -0.15) is 0 Å². The van der Waals surface area contributed by atoms with Gasteiger partial charge in [0.05, 0.1) is 6.54 Å². The van der Waals surface area contributed by atoms with Crippen LogP contribution in [0.3, 0.4) is 0 Å². The summed E-state index contributed by atoms with van der Waals surface area (Å²) in [4.78, 5) is 58.3. The van der Waals surface area contributed by atoms with Crippen molar-refractivity contribution in [3.63, 3.8) is 0 Å². The Kier molecular flexibility index (Phi) is 21.6. The summed E-state index contributed by atoms with van der Waals surface area (Å²) in [7, 11) is 0. The first-order chi connectivity index (χ1) is 19.1. The standard InChI is InChI=1S/C26H46N6O8/c1-22(33)30(38)19-11-5-8-18-29-24(35)13-14-25(36)31(39)20-9-3-2-7-17-28-23(34)12-15-26(37)32(40)21-10-4-6-16-27/h2-3,7,9,38-40H,4-6,8,10-21,27H2,1H3,(H,28,34)(H,29,35)/b7-2+,9-3+. The van der Waals surface area contributed by atoms with E-state index in [9.17, 15) is 39.6 Å². The fourth-order valence-electron chi connectivity index (χ4n) is 3.19. The summed E-state index contributed by atoms with van der Waals surface area (Å²) in [5.74, 6) is -2.19. The number of nitrogens with zero attached hydrogens (tertiary/aromatic N) is 3. The molecule has 0 radical (unpaired) electrons. The summed E-state index contributed by atoms with van der Waals surface area (Å²) < 4.78 is 0. The smallest absolute Gasteiger partial charge is 0.246 e. The van der Waals surface area contributed by atoms with Gasteiger partial charge in [0.2, 0.25) is 29.5 Å². The number of carbonyl (C=O) groups excluding carboxylic acids is 5. The van der Waals surface area contributed by atoms with Crippen LogP contribution in [0.4, 0.5) is 0 Å². The Morgan fingerprint density at radius 2 is 1.23 bits per heavy atom. The monoisotopic (exact) mass is 570 g/mol. The summed E-state index contributed by atoms with van der Waals surface area (Å²) in [5, 5.41) is 35.8. The van der Waals surface area contributed by atoms with Gasteiger partial charge in [-0.3, -0.25) is 39.6 Å². The van der Waals surface area contributed by atoms with Crippen molar-refractivity contribution in [3.8, 4) is 0 Å². The normalized spacial score (nSPS) is 11.0. The van der Waals surface area contributed by atoms with Gasteiger partial charge in [-0.05, 0) is 38.6 Å². The van der Waals surface area contributed by atoms with Gasteiger partial charge < -0.3 is 16.4 Å². The van der Waals surface area contributed by atoms with Crippen LogP contribution in [0.15, 0.2) is 24.3 Å². The van der Waals surface area contributed by atoms with E-state index in [1.807, 2.05) is 0 Å². The number of amides is 5. The Morgan fingerprint density at radius 1 is 0.675 bits per heavy atom. The van der Waals surface area contributed by atoms with E-state index in [4.69, 9.17) is 5.73 Å². The summed E-state index contributed by atoms with van der Waals surface area (Å²) >= 11 is 0. The van der Waals surface area contributed by atoms with Crippen LogP contribution in [-0.4, -0.2) is 99.6 Å². The maximum atomic E-state index is 11.9. The first-order valence-corrected chi connectivity index (χ1v) is 13.6. The van der Waals surface area contributed by atoms with Gasteiger partial charge in [-0.25, -0.2) is 15.2 Å². The van der Waals surface area contributed by atoms with Crippen molar-refractivity contribution in [1.82, 2.24) is 25.8 Å². The van der Waals surface area contributed by atoms with Crippen LogP contribution in [0, 0.1) is 0 Å². The highest BCUT2D eigenvalue weighted by molar-refractivity contribution is 5.83. The van der Waals surface area contributed by atoms with E-state index in [1.54, 1.807) is 18.2 Å². The highest BCUT2D eigenvalue weighted by Gasteiger charge is 2.13. The molecule has 0 aromatic heterocycles. The van der Waals surface area contributed by atoms with Crippen molar-refractivity contribution in [2.45, 2.75) is 71.1 Å². The summed E-state index contributed by atoms with van der Waals surface area (Å²) in [6.07, 6.45) is 10.3. The predicted molar refractivity (Wildman–Crippen MR) is 146 cm³/mol. The number of nitrogens with one attached hydrogen (secondary N) is 2. The molecule has 0 aliphatic heterocycles. The first-order valence-electron chi connectivity index (χ1n) is 13.6. The molecule has 0 atom stereocenters. The fraction of sp³-hybridized carbons (Fsp3) is 0.654. The highest BCUT2D eigenvalue weighted by atomic mass is 16.5. The van der Waals surface area contributed by atoms with Crippen LogP contribution >= 0.6 is 0 Å². The molecule has 7 N–H and O–H groups in total. The van der Waals surface area contributed by atoms with Crippen LogP contribution in [0.2, 0.25) is 0 Å².